The van der Waals surface area contributed by atoms with Crippen molar-refractivity contribution in [1.82, 2.24) is 15.2 Å². The number of nitrogens with one attached hydrogen (secondary N) is 1. The van der Waals surface area contributed by atoms with Crippen LogP contribution in [0, 0.1) is 0 Å². The van der Waals surface area contributed by atoms with Crippen LogP contribution in [-0.4, -0.2) is 59.3 Å². The molecule has 1 aromatic rings. The lowest BCUT2D eigenvalue weighted by Crippen LogP contribution is -2.61. The van der Waals surface area contributed by atoms with E-state index >= 15 is 4.39 Å². The molecule has 0 spiro atoms. The number of rotatable bonds is 4. The first kappa shape index (κ1) is 20.7. The number of alkyl halides is 1. The maximum atomic E-state index is 16.0. The first-order chi connectivity index (χ1) is 13.9. The molecule has 2 aliphatic carbocycles. The summed E-state index contributed by atoms with van der Waals surface area (Å²) in [5.74, 6) is -0.611. The van der Waals surface area contributed by atoms with E-state index in [1.165, 1.54) is 12.6 Å². The molecule has 2 fully saturated rings. The van der Waals surface area contributed by atoms with Crippen LogP contribution in [-0.2, 0) is 20.8 Å². The quantitative estimate of drug-likeness (QED) is 0.805. The average molecular weight is 406 g/mol. The molecule has 1 saturated carbocycles. The number of aliphatic hydroxyl groups is 1. The van der Waals surface area contributed by atoms with Gasteiger partial charge in [0.1, 0.15) is 5.60 Å². The molecule has 6 nitrogen and oxygen atoms in total. The number of carbonyl (C=O) groups is 1. The van der Waals surface area contributed by atoms with Crippen LogP contribution in [0.2, 0.25) is 0 Å². The fourth-order valence-electron chi connectivity index (χ4n) is 5.30. The van der Waals surface area contributed by atoms with Gasteiger partial charge < -0.3 is 15.2 Å². The standard InChI is InChI=1S/C22H32FN3O3/c1-20(28)9-10-22(23,17-6-5-11-24-18(17)20)19(27)25-16-21(7-3-2-4-8-21)26-12-14-29-15-13-26/h5-6,11,28H,2-4,7-10,12-16H2,1H3,(H,25,27)/t20-,22-/m0/s1. The van der Waals surface area contributed by atoms with Crippen LogP contribution in [0.25, 0.3) is 0 Å². The lowest BCUT2D eigenvalue weighted by molar-refractivity contribution is -0.138. The highest BCUT2D eigenvalue weighted by molar-refractivity contribution is 5.87. The van der Waals surface area contributed by atoms with Gasteiger partial charge in [-0.3, -0.25) is 14.7 Å². The number of morpholine rings is 1. The van der Waals surface area contributed by atoms with Crippen molar-refractivity contribution >= 4 is 5.91 Å². The molecule has 3 aliphatic rings. The first-order valence-electron chi connectivity index (χ1n) is 10.9. The van der Waals surface area contributed by atoms with Crippen LogP contribution in [0.15, 0.2) is 18.3 Å². The minimum atomic E-state index is -2.16. The monoisotopic (exact) mass is 405 g/mol. The lowest BCUT2D eigenvalue weighted by atomic mass is 9.75. The normalized spacial score (nSPS) is 32.4. The van der Waals surface area contributed by atoms with E-state index in [-0.39, 0.29) is 29.6 Å². The van der Waals surface area contributed by atoms with E-state index in [9.17, 15) is 9.90 Å². The Morgan fingerprint density at radius 2 is 1.97 bits per heavy atom. The predicted molar refractivity (Wildman–Crippen MR) is 107 cm³/mol. The Labute approximate surface area is 171 Å². The fourth-order valence-corrected chi connectivity index (χ4v) is 5.30. The lowest BCUT2D eigenvalue weighted by Gasteiger charge is -2.48. The van der Waals surface area contributed by atoms with Crippen molar-refractivity contribution in [3.63, 3.8) is 0 Å². The molecule has 0 radical (unpaired) electrons. The fraction of sp³-hybridized carbons (Fsp3) is 0.727. The van der Waals surface area contributed by atoms with Gasteiger partial charge in [0.2, 0.25) is 5.67 Å². The molecule has 0 aromatic carbocycles. The number of carbonyl (C=O) groups excluding carboxylic acids is 1. The number of fused-ring (bicyclic) bond motifs is 1. The highest BCUT2D eigenvalue weighted by atomic mass is 19.1. The van der Waals surface area contributed by atoms with Crippen LogP contribution in [0.5, 0.6) is 0 Å². The first-order valence-corrected chi connectivity index (χ1v) is 10.9. The van der Waals surface area contributed by atoms with E-state index in [2.05, 4.69) is 15.2 Å². The number of halogens is 1. The zero-order valence-corrected chi connectivity index (χ0v) is 17.3. The summed E-state index contributed by atoms with van der Waals surface area (Å²) in [4.78, 5) is 19.7. The van der Waals surface area contributed by atoms with E-state index in [4.69, 9.17) is 4.74 Å². The molecular weight excluding hydrogens is 373 g/mol. The summed E-state index contributed by atoms with van der Waals surface area (Å²) in [6.07, 6.45) is 7.14. The Morgan fingerprint density at radius 3 is 2.69 bits per heavy atom. The van der Waals surface area contributed by atoms with E-state index in [1.54, 1.807) is 19.1 Å². The minimum absolute atomic E-state index is 0.0465. The molecule has 4 rings (SSSR count). The van der Waals surface area contributed by atoms with Gasteiger partial charge in [-0.15, -0.1) is 0 Å². The number of aromatic nitrogens is 1. The number of amides is 1. The zero-order valence-electron chi connectivity index (χ0n) is 17.3. The number of ether oxygens (including phenoxy) is 1. The van der Waals surface area contributed by atoms with Gasteiger partial charge in [0, 0.05) is 36.9 Å². The molecule has 2 N–H and O–H groups in total. The van der Waals surface area contributed by atoms with Gasteiger partial charge >= 0.3 is 0 Å². The molecule has 29 heavy (non-hydrogen) atoms. The number of hydrogen-bond donors (Lipinski definition) is 2. The van der Waals surface area contributed by atoms with Crippen molar-refractivity contribution in [2.45, 2.75) is 68.7 Å². The molecule has 1 saturated heterocycles. The van der Waals surface area contributed by atoms with E-state index in [0.29, 0.717) is 19.8 Å². The summed E-state index contributed by atoms with van der Waals surface area (Å²) in [7, 11) is 0. The van der Waals surface area contributed by atoms with Crippen LogP contribution in [0.3, 0.4) is 0 Å². The number of hydrogen-bond acceptors (Lipinski definition) is 5. The maximum absolute atomic E-state index is 16.0. The second-order valence-electron chi connectivity index (χ2n) is 9.04. The minimum Gasteiger partial charge on any atom is -0.384 e. The summed E-state index contributed by atoms with van der Waals surface area (Å²) in [6, 6.07) is 3.20. The Bertz CT molecular complexity index is 745. The van der Waals surface area contributed by atoms with Crippen molar-refractivity contribution in [1.29, 1.82) is 0 Å². The van der Waals surface area contributed by atoms with E-state index in [1.807, 2.05) is 0 Å². The van der Waals surface area contributed by atoms with Gasteiger partial charge in [-0.1, -0.05) is 25.3 Å². The highest BCUT2D eigenvalue weighted by Crippen LogP contribution is 2.45. The van der Waals surface area contributed by atoms with Gasteiger partial charge in [0.15, 0.2) is 0 Å². The van der Waals surface area contributed by atoms with Crippen LogP contribution >= 0.6 is 0 Å². The predicted octanol–water partition coefficient (Wildman–Crippen LogP) is 2.40. The third-order valence-electron chi connectivity index (χ3n) is 7.11. The molecule has 2 heterocycles. The molecule has 1 aliphatic heterocycles. The smallest absolute Gasteiger partial charge is 0.262 e. The van der Waals surface area contributed by atoms with E-state index < -0.39 is 17.2 Å². The Balaban J connectivity index is 1.54. The summed E-state index contributed by atoms with van der Waals surface area (Å²) < 4.78 is 21.5. The molecule has 1 amide bonds. The van der Waals surface area contributed by atoms with Crippen molar-refractivity contribution in [3.8, 4) is 0 Å². The van der Waals surface area contributed by atoms with Crippen molar-refractivity contribution in [2.24, 2.45) is 0 Å². The van der Waals surface area contributed by atoms with Gasteiger partial charge in [0.05, 0.1) is 18.9 Å². The largest absolute Gasteiger partial charge is 0.384 e. The average Bonchev–Trinajstić information content (AvgIpc) is 2.76. The van der Waals surface area contributed by atoms with Crippen molar-refractivity contribution in [3.05, 3.63) is 29.6 Å². The summed E-state index contributed by atoms with van der Waals surface area (Å²) >= 11 is 0. The Kier molecular flexibility index (Phi) is 5.66. The molecule has 1 aromatic heterocycles. The second-order valence-corrected chi connectivity index (χ2v) is 9.04. The Hall–Kier alpha value is -1.57. The summed E-state index contributed by atoms with van der Waals surface area (Å²) in [5, 5.41) is 13.6. The van der Waals surface area contributed by atoms with Crippen LogP contribution in [0.1, 0.15) is 63.1 Å². The summed E-state index contributed by atoms with van der Waals surface area (Å²) in [5.41, 5.74) is -3.04. The molecule has 2 atom stereocenters. The van der Waals surface area contributed by atoms with Gasteiger partial charge in [0.25, 0.3) is 5.91 Å². The SMILES string of the molecule is C[C@]1(O)CC[C@@](F)(C(=O)NCC2(N3CCOCC3)CCCCC2)c2cccnc21. The maximum Gasteiger partial charge on any atom is 0.262 e. The topological polar surface area (TPSA) is 74.7 Å². The molecule has 160 valence electrons. The molecule has 7 heteroatoms. The number of nitrogens with zero attached hydrogens (tertiary/aromatic N) is 2. The van der Waals surface area contributed by atoms with Crippen molar-refractivity contribution < 1.29 is 19.0 Å². The summed E-state index contributed by atoms with van der Waals surface area (Å²) in [6.45, 7) is 5.20. The highest BCUT2D eigenvalue weighted by Gasteiger charge is 2.51. The van der Waals surface area contributed by atoms with Crippen LogP contribution < -0.4 is 5.32 Å². The van der Waals surface area contributed by atoms with Crippen molar-refractivity contribution in [2.75, 3.05) is 32.8 Å². The van der Waals surface area contributed by atoms with E-state index in [0.717, 1.165) is 38.8 Å². The molecular formula is C22H32FN3O3. The Morgan fingerprint density at radius 1 is 1.24 bits per heavy atom. The molecule has 0 unspecified atom stereocenters. The zero-order chi connectivity index (χ0) is 20.5. The van der Waals surface area contributed by atoms with Gasteiger partial charge in [-0.25, -0.2) is 4.39 Å². The molecule has 0 bridgehead atoms. The third kappa shape index (κ3) is 3.80. The van der Waals surface area contributed by atoms with Crippen LogP contribution in [0.4, 0.5) is 4.39 Å². The van der Waals surface area contributed by atoms with Gasteiger partial charge in [-0.2, -0.15) is 0 Å². The number of pyridine rings is 1. The van der Waals surface area contributed by atoms with Gasteiger partial charge in [-0.05, 0) is 38.7 Å². The second kappa shape index (κ2) is 7.93. The third-order valence-corrected chi connectivity index (χ3v) is 7.11.